The largest absolute Gasteiger partial charge is 0.497 e. The number of carbonyl (C=O) groups is 1. The van der Waals surface area contributed by atoms with Crippen LogP contribution in [-0.2, 0) is 7.05 Å². The van der Waals surface area contributed by atoms with E-state index in [1.54, 1.807) is 24.8 Å². The summed E-state index contributed by atoms with van der Waals surface area (Å²) in [6.45, 7) is 0. The van der Waals surface area contributed by atoms with Crippen LogP contribution in [0.15, 0.2) is 53.3 Å². The number of thiazole rings is 1. The number of amides is 1. The number of nitrogens with zero attached hydrogens (tertiary/aromatic N) is 2. The zero-order valence-corrected chi connectivity index (χ0v) is 17.2. The summed E-state index contributed by atoms with van der Waals surface area (Å²) in [5.41, 5.74) is 1.53. The van der Waals surface area contributed by atoms with Crippen molar-refractivity contribution in [1.82, 2.24) is 9.55 Å². The second kappa shape index (κ2) is 6.68. The van der Waals surface area contributed by atoms with E-state index >= 15 is 0 Å². The number of pyridine rings is 1. The summed E-state index contributed by atoms with van der Waals surface area (Å²) in [6.07, 6.45) is 0. The molecule has 8 heteroatoms. The number of para-hydroxylation sites is 1. The van der Waals surface area contributed by atoms with Gasteiger partial charge in [0.25, 0.3) is 11.5 Å². The fourth-order valence-corrected chi connectivity index (χ4v) is 5.32. The van der Waals surface area contributed by atoms with Gasteiger partial charge in [-0.1, -0.05) is 29.5 Å². The SMILES string of the molecule is COc1ccc2nc(NC(=O)c3cc4c(=O)n(C)c5ccccc5c4s3)sc2c1. The Bertz CT molecular complexity index is 1480. The average Bonchev–Trinajstić information content (AvgIpc) is 3.35. The number of fused-ring (bicyclic) bond motifs is 4. The maximum absolute atomic E-state index is 12.8. The number of carbonyl (C=O) groups excluding carboxylic acids is 1. The Morgan fingerprint density at radius 3 is 2.76 bits per heavy atom. The maximum Gasteiger partial charge on any atom is 0.267 e. The predicted octanol–water partition coefficient (Wildman–Crippen LogP) is 4.62. The number of hydrogen-bond acceptors (Lipinski definition) is 6. The number of anilines is 1. The first-order valence-electron chi connectivity index (χ1n) is 8.82. The van der Waals surface area contributed by atoms with Gasteiger partial charge in [0.05, 0.1) is 33.1 Å². The molecule has 0 unspecified atom stereocenters. The Balaban J connectivity index is 1.55. The molecule has 0 aliphatic carbocycles. The first-order chi connectivity index (χ1) is 14.0. The standard InChI is InChI=1S/C21H15N3O3S2/c1-24-15-6-4-3-5-12(15)18-13(20(24)26)10-17(28-18)19(25)23-21-22-14-8-7-11(27-2)9-16(14)29-21/h3-10H,1-2H3,(H,22,23,25). The molecule has 0 saturated heterocycles. The number of hydrogen-bond donors (Lipinski definition) is 1. The number of nitrogens with one attached hydrogen (secondary N) is 1. The molecule has 0 saturated carbocycles. The van der Waals surface area contributed by atoms with Crippen molar-refractivity contribution in [2.24, 2.45) is 7.05 Å². The van der Waals surface area contributed by atoms with Crippen molar-refractivity contribution in [2.75, 3.05) is 12.4 Å². The third-order valence-corrected chi connectivity index (χ3v) is 6.92. The molecule has 0 atom stereocenters. The van der Waals surface area contributed by atoms with Gasteiger partial charge in [0.2, 0.25) is 0 Å². The van der Waals surface area contributed by atoms with Crippen LogP contribution in [0.5, 0.6) is 5.75 Å². The van der Waals surface area contributed by atoms with Gasteiger partial charge in [0, 0.05) is 17.1 Å². The Labute approximate surface area is 173 Å². The van der Waals surface area contributed by atoms with Crippen molar-refractivity contribution >= 4 is 64.9 Å². The molecule has 2 aromatic carbocycles. The number of rotatable bonds is 3. The van der Waals surface area contributed by atoms with Crippen LogP contribution in [0, 0.1) is 0 Å². The van der Waals surface area contributed by atoms with Crippen LogP contribution in [0.3, 0.4) is 0 Å². The first-order valence-corrected chi connectivity index (χ1v) is 10.5. The lowest BCUT2D eigenvalue weighted by atomic mass is 10.2. The van der Waals surface area contributed by atoms with Gasteiger partial charge in [0.1, 0.15) is 5.75 Å². The summed E-state index contributed by atoms with van der Waals surface area (Å²) >= 11 is 2.70. The minimum absolute atomic E-state index is 0.110. The molecule has 0 aliphatic rings. The van der Waals surface area contributed by atoms with Crippen LogP contribution in [0.4, 0.5) is 5.13 Å². The van der Waals surface area contributed by atoms with Crippen molar-refractivity contribution in [1.29, 1.82) is 0 Å². The molecule has 0 fully saturated rings. The molecule has 5 aromatic rings. The normalized spacial score (nSPS) is 11.4. The molecule has 0 spiro atoms. The van der Waals surface area contributed by atoms with E-state index in [9.17, 15) is 9.59 Å². The van der Waals surface area contributed by atoms with Crippen LogP contribution < -0.4 is 15.6 Å². The minimum atomic E-state index is -0.275. The Morgan fingerprint density at radius 1 is 1.10 bits per heavy atom. The van der Waals surface area contributed by atoms with E-state index in [2.05, 4.69) is 10.3 Å². The number of thiophene rings is 1. The fraction of sp³-hybridized carbons (Fsp3) is 0.0952. The summed E-state index contributed by atoms with van der Waals surface area (Å²) < 4.78 is 8.60. The zero-order chi connectivity index (χ0) is 20.1. The summed E-state index contributed by atoms with van der Waals surface area (Å²) in [4.78, 5) is 30.5. The smallest absolute Gasteiger partial charge is 0.267 e. The molecule has 3 aromatic heterocycles. The number of benzene rings is 2. The lowest BCUT2D eigenvalue weighted by Crippen LogP contribution is -2.16. The lowest BCUT2D eigenvalue weighted by Gasteiger charge is -2.05. The second-order valence-corrected chi connectivity index (χ2v) is 8.62. The monoisotopic (exact) mass is 421 g/mol. The van der Waals surface area contributed by atoms with E-state index in [1.165, 1.54) is 22.7 Å². The van der Waals surface area contributed by atoms with Crippen molar-refractivity contribution in [2.45, 2.75) is 0 Å². The third kappa shape index (κ3) is 2.88. The molecular formula is C21H15N3O3S2. The molecule has 1 N–H and O–H groups in total. The zero-order valence-electron chi connectivity index (χ0n) is 15.6. The highest BCUT2D eigenvalue weighted by atomic mass is 32.1. The highest BCUT2D eigenvalue weighted by molar-refractivity contribution is 7.23. The van der Waals surface area contributed by atoms with E-state index in [0.717, 1.165) is 31.6 Å². The van der Waals surface area contributed by atoms with E-state index in [-0.39, 0.29) is 11.5 Å². The predicted molar refractivity (Wildman–Crippen MR) is 119 cm³/mol. The summed E-state index contributed by atoms with van der Waals surface area (Å²) in [7, 11) is 3.36. The van der Waals surface area contributed by atoms with Crippen molar-refractivity contribution < 1.29 is 9.53 Å². The second-order valence-electron chi connectivity index (χ2n) is 6.54. The van der Waals surface area contributed by atoms with Gasteiger partial charge in [-0.3, -0.25) is 14.9 Å². The quantitative estimate of drug-likeness (QED) is 0.461. The van der Waals surface area contributed by atoms with E-state index < -0.39 is 0 Å². The number of methoxy groups -OCH3 is 1. The molecule has 29 heavy (non-hydrogen) atoms. The molecule has 144 valence electrons. The van der Waals surface area contributed by atoms with Gasteiger partial charge in [-0.05, 0) is 30.3 Å². The fourth-order valence-electron chi connectivity index (χ4n) is 3.35. The van der Waals surface area contributed by atoms with Gasteiger partial charge < -0.3 is 9.30 Å². The molecule has 0 radical (unpaired) electrons. The molecule has 3 heterocycles. The van der Waals surface area contributed by atoms with Crippen LogP contribution in [-0.4, -0.2) is 22.6 Å². The topological polar surface area (TPSA) is 73.2 Å². The van der Waals surface area contributed by atoms with E-state index in [0.29, 0.717) is 15.4 Å². The summed E-state index contributed by atoms with van der Waals surface area (Å²) in [5, 5.41) is 4.88. The molecular weight excluding hydrogens is 406 g/mol. The molecule has 1 amide bonds. The van der Waals surface area contributed by atoms with Crippen LogP contribution in [0.2, 0.25) is 0 Å². The Morgan fingerprint density at radius 2 is 1.93 bits per heavy atom. The number of aryl methyl sites for hydroxylation is 1. The average molecular weight is 422 g/mol. The highest BCUT2D eigenvalue weighted by Crippen LogP contribution is 2.32. The van der Waals surface area contributed by atoms with Crippen molar-refractivity contribution in [3.63, 3.8) is 0 Å². The van der Waals surface area contributed by atoms with Gasteiger partial charge >= 0.3 is 0 Å². The first kappa shape index (κ1) is 17.8. The third-order valence-electron chi connectivity index (χ3n) is 4.82. The molecule has 0 bridgehead atoms. The lowest BCUT2D eigenvalue weighted by molar-refractivity contribution is 0.103. The summed E-state index contributed by atoms with van der Waals surface area (Å²) in [6, 6.07) is 15.0. The van der Waals surface area contributed by atoms with Gasteiger partial charge in [-0.15, -0.1) is 11.3 Å². The summed E-state index contributed by atoms with van der Waals surface area (Å²) in [5.74, 6) is 0.467. The molecule has 6 nitrogen and oxygen atoms in total. The van der Waals surface area contributed by atoms with Gasteiger partial charge in [0.15, 0.2) is 5.13 Å². The Hall–Kier alpha value is -3.23. The number of aromatic nitrogens is 2. The number of ether oxygens (including phenoxy) is 1. The molecule has 5 rings (SSSR count). The minimum Gasteiger partial charge on any atom is -0.497 e. The van der Waals surface area contributed by atoms with E-state index in [1.807, 2.05) is 42.5 Å². The van der Waals surface area contributed by atoms with Gasteiger partial charge in [-0.2, -0.15) is 0 Å². The van der Waals surface area contributed by atoms with Crippen LogP contribution in [0.1, 0.15) is 9.67 Å². The van der Waals surface area contributed by atoms with Crippen LogP contribution >= 0.6 is 22.7 Å². The Kier molecular flexibility index (Phi) is 4.11. The van der Waals surface area contributed by atoms with Crippen molar-refractivity contribution in [3.05, 3.63) is 63.8 Å². The highest BCUT2D eigenvalue weighted by Gasteiger charge is 2.17. The maximum atomic E-state index is 12.8. The van der Waals surface area contributed by atoms with Crippen molar-refractivity contribution in [3.8, 4) is 5.75 Å². The van der Waals surface area contributed by atoms with E-state index in [4.69, 9.17) is 4.74 Å². The molecule has 0 aliphatic heterocycles. The van der Waals surface area contributed by atoms with Gasteiger partial charge in [-0.25, -0.2) is 4.98 Å². The van der Waals surface area contributed by atoms with Crippen LogP contribution in [0.25, 0.3) is 31.2 Å².